The van der Waals surface area contributed by atoms with Gasteiger partial charge in [-0.2, -0.15) is 0 Å². The molecule has 1 saturated carbocycles. The van der Waals surface area contributed by atoms with E-state index in [9.17, 15) is 8.42 Å². The van der Waals surface area contributed by atoms with Gasteiger partial charge in [-0.25, -0.2) is 13.6 Å². The van der Waals surface area contributed by atoms with Crippen LogP contribution in [0.5, 0.6) is 5.75 Å². The van der Waals surface area contributed by atoms with Gasteiger partial charge in [0.25, 0.3) is 0 Å². The van der Waals surface area contributed by atoms with Gasteiger partial charge in [0.2, 0.25) is 10.0 Å². The summed E-state index contributed by atoms with van der Waals surface area (Å²) in [7, 11) is -3.46. The first kappa shape index (κ1) is 14.3. The van der Waals surface area contributed by atoms with Gasteiger partial charge < -0.3 is 4.74 Å². The fourth-order valence-electron chi connectivity index (χ4n) is 2.83. The first-order valence-electron chi connectivity index (χ1n) is 6.59. The highest BCUT2D eigenvalue weighted by atomic mass is 32.2. The van der Waals surface area contributed by atoms with Crippen molar-refractivity contribution in [1.29, 1.82) is 0 Å². The molecule has 1 aliphatic rings. The van der Waals surface area contributed by atoms with Crippen LogP contribution >= 0.6 is 0 Å². The number of ether oxygens (including phenoxy) is 1. The van der Waals surface area contributed by atoms with Crippen LogP contribution in [0, 0.1) is 12.3 Å². The predicted molar refractivity (Wildman–Crippen MR) is 75.5 cm³/mol. The summed E-state index contributed by atoms with van der Waals surface area (Å²) in [5.41, 5.74) is 0.752. The third-order valence-electron chi connectivity index (χ3n) is 3.80. The van der Waals surface area contributed by atoms with Crippen molar-refractivity contribution in [2.45, 2.75) is 32.6 Å². The fraction of sp³-hybridized carbons (Fsp3) is 0.571. The van der Waals surface area contributed by atoms with Gasteiger partial charge in [-0.3, -0.25) is 0 Å². The average Bonchev–Trinajstić information content (AvgIpc) is 2.74. The molecule has 0 unspecified atom stereocenters. The van der Waals surface area contributed by atoms with Gasteiger partial charge in [-0.1, -0.05) is 31.0 Å². The molecule has 1 aliphatic carbocycles. The molecule has 106 valence electrons. The Morgan fingerprint density at radius 3 is 2.47 bits per heavy atom. The summed E-state index contributed by atoms with van der Waals surface area (Å²) in [4.78, 5) is 0. The SMILES string of the molecule is Cc1ccccc1OCC1(CS(N)(=O)=O)CCCC1. The molecule has 19 heavy (non-hydrogen) atoms. The zero-order valence-corrected chi connectivity index (χ0v) is 12.1. The smallest absolute Gasteiger partial charge is 0.209 e. The van der Waals surface area contributed by atoms with Crippen LogP contribution in [-0.2, 0) is 10.0 Å². The van der Waals surface area contributed by atoms with Crippen LogP contribution in [-0.4, -0.2) is 20.8 Å². The molecule has 4 nitrogen and oxygen atoms in total. The summed E-state index contributed by atoms with van der Waals surface area (Å²) in [6.07, 6.45) is 3.84. The van der Waals surface area contributed by atoms with Crippen molar-refractivity contribution in [1.82, 2.24) is 0 Å². The summed E-state index contributed by atoms with van der Waals surface area (Å²) >= 11 is 0. The maximum Gasteiger partial charge on any atom is 0.209 e. The van der Waals surface area contributed by atoms with Gasteiger partial charge in [0.05, 0.1) is 12.4 Å². The Morgan fingerprint density at radius 1 is 1.26 bits per heavy atom. The van der Waals surface area contributed by atoms with E-state index in [2.05, 4.69) is 0 Å². The zero-order chi connectivity index (χ0) is 13.9. The second-order valence-corrected chi connectivity index (χ2v) is 7.18. The van der Waals surface area contributed by atoms with E-state index in [-0.39, 0.29) is 11.2 Å². The molecule has 1 fully saturated rings. The molecule has 0 bridgehead atoms. The topological polar surface area (TPSA) is 69.4 Å². The molecule has 1 aromatic rings. The molecular weight excluding hydrogens is 262 g/mol. The molecule has 0 atom stereocenters. The summed E-state index contributed by atoms with van der Waals surface area (Å²) in [5, 5.41) is 5.22. The monoisotopic (exact) mass is 283 g/mol. The van der Waals surface area contributed by atoms with Crippen LogP contribution in [0.4, 0.5) is 0 Å². The quantitative estimate of drug-likeness (QED) is 0.901. The molecular formula is C14H21NO3S. The normalized spacial score (nSPS) is 18.4. The van der Waals surface area contributed by atoms with Gasteiger partial charge in [-0.05, 0) is 31.4 Å². The highest BCUT2D eigenvalue weighted by Crippen LogP contribution is 2.39. The molecule has 0 aromatic heterocycles. The number of aryl methyl sites for hydroxylation is 1. The minimum atomic E-state index is -3.46. The molecule has 2 rings (SSSR count). The van der Waals surface area contributed by atoms with E-state index in [1.807, 2.05) is 31.2 Å². The third kappa shape index (κ3) is 3.94. The van der Waals surface area contributed by atoms with Crippen molar-refractivity contribution in [3.8, 4) is 5.75 Å². The van der Waals surface area contributed by atoms with E-state index in [4.69, 9.17) is 9.88 Å². The molecule has 0 saturated heterocycles. The lowest BCUT2D eigenvalue weighted by Gasteiger charge is -2.28. The third-order valence-corrected chi connectivity index (χ3v) is 4.81. The molecule has 0 amide bonds. The number of hydrogen-bond donors (Lipinski definition) is 1. The second kappa shape index (κ2) is 5.51. The predicted octanol–water partition coefficient (Wildman–Crippen LogP) is 2.22. The lowest BCUT2D eigenvalue weighted by molar-refractivity contribution is 0.170. The average molecular weight is 283 g/mol. The summed E-state index contributed by atoms with van der Waals surface area (Å²) in [5.74, 6) is 0.842. The molecule has 0 heterocycles. The minimum Gasteiger partial charge on any atom is -0.493 e. The van der Waals surface area contributed by atoms with Gasteiger partial charge >= 0.3 is 0 Å². The van der Waals surface area contributed by atoms with Crippen LogP contribution < -0.4 is 9.88 Å². The molecule has 0 radical (unpaired) electrons. The Bertz CT molecular complexity index is 533. The summed E-state index contributed by atoms with van der Waals surface area (Å²) < 4.78 is 28.6. The Balaban J connectivity index is 2.08. The van der Waals surface area contributed by atoms with Gasteiger partial charge in [0.15, 0.2) is 0 Å². The van der Waals surface area contributed by atoms with Crippen LogP contribution in [0.15, 0.2) is 24.3 Å². The highest BCUT2D eigenvalue weighted by molar-refractivity contribution is 7.89. The van der Waals surface area contributed by atoms with E-state index in [0.29, 0.717) is 6.61 Å². The van der Waals surface area contributed by atoms with E-state index in [0.717, 1.165) is 37.0 Å². The van der Waals surface area contributed by atoms with Crippen molar-refractivity contribution in [2.24, 2.45) is 10.6 Å². The van der Waals surface area contributed by atoms with E-state index in [1.54, 1.807) is 0 Å². The lowest BCUT2D eigenvalue weighted by atomic mass is 9.90. The van der Waals surface area contributed by atoms with E-state index >= 15 is 0 Å². The molecule has 2 N–H and O–H groups in total. The largest absolute Gasteiger partial charge is 0.493 e. The van der Waals surface area contributed by atoms with Crippen LogP contribution in [0.2, 0.25) is 0 Å². The van der Waals surface area contributed by atoms with E-state index in [1.165, 1.54) is 0 Å². The Hall–Kier alpha value is -1.07. The van der Waals surface area contributed by atoms with Crippen molar-refractivity contribution in [2.75, 3.05) is 12.4 Å². The number of benzene rings is 1. The van der Waals surface area contributed by atoms with Gasteiger partial charge in [0.1, 0.15) is 5.75 Å². The van der Waals surface area contributed by atoms with Crippen LogP contribution in [0.1, 0.15) is 31.2 Å². The second-order valence-electron chi connectivity index (χ2n) is 5.57. The zero-order valence-electron chi connectivity index (χ0n) is 11.3. The van der Waals surface area contributed by atoms with Crippen molar-refractivity contribution >= 4 is 10.0 Å². The first-order valence-corrected chi connectivity index (χ1v) is 8.31. The Kier molecular flexibility index (Phi) is 4.16. The number of rotatable bonds is 5. The van der Waals surface area contributed by atoms with Crippen LogP contribution in [0.25, 0.3) is 0 Å². The Labute approximate surface area is 115 Å². The van der Waals surface area contributed by atoms with E-state index < -0.39 is 10.0 Å². The maximum atomic E-state index is 11.4. The maximum absolute atomic E-state index is 11.4. The van der Waals surface area contributed by atoms with Crippen molar-refractivity contribution < 1.29 is 13.2 Å². The standard InChI is InChI=1S/C14H21NO3S/c1-12-6-2-3-7-13(12)18-10-14(8-4-5-9-14)11-19(15,16)17/h2-3,6-7H,4-5,8-11H2,1H3,(H2,15,16,17). The van der Waals surface area contributed by atoms with Crippen molar-refractivity contribution in [3.63, 3.8) is 0 Å². The summed E-state index contributed by atoms with van der Waals surface area (Å²) in [6.45, 7) is 2.41. The highest BCUT2D eigenvalue weighted by Gasteiger charge is 2.38. The lowest BCUT2D eigenvalue weighted by Crippen LogP contribution is -2.36. The first-order chi connectivity index (χ1) is 8.90. The van der Waals surface area contributed by atoms with Gasteiger partial charge in [0, 0.05) is 5.41 Å². The number of sulfonamides is 1. The minimum absolute atomic E-state index is 0.0197. The van der Waals surface area contributed by atoms with Gasteiger partial charge in [-0.15, -0.1) is 0 Å². The summed E-state index contributed by atoms with van der Waals surface area (Å²) in [6, 6.07) is 7.77. The van der Waals surface area contributed by atoms with Crippen molar-refractivity contribution in [3.05, 3.63) is 29.8 Å². The van der Waals surface area contributed by atoms with Crippen LogP contribution in [0.3, 0.4) is 0 Å². The number of nitrogens with two attached hydrogens (primary N) is 1. The number of hydrogen-bond acceptors (Lipinski definition) is 3. The number of para-hydroxylation sites is 1. The molecule has 1 aromatic carbocycles. The molecule has 5 heteroatoms. The Morgan fingerprint density at radius 2 is 1.89 bits per heavy atom. The number of primary sulfonamides is 1. The molecule has 0 spiro atoms. The molecule has 0 aliphatic heterocycles. The fourth-order valence-corrected chi connectivity index (χ4v) is 4.06.